The maximum absolute atomic E-state index is 13.8. The van der Waals surface area contributed by atoms with Crippen molar-refractivity contribution in [2.45, 2.75) is 87.4 Å². The number of carbonyl (C=O) groups is 1. The molecule has 0 aromatic heterocycles. The van der Waals surface area contributed by atoms with Crippen LogP contribution >= 0.6 is 11.6 Å². The van der Waals surface area contributed by atoms with Crippen molar-refractivity contribution >= 4 is 38.8 Å². The van der Waals surface area contributed by atoms with Crippen molar-refractivity contribution in [1.82, 2.24) is 4.72 Å². The average Bonchev–Trinajstić information content (AvgIpc) is 3.11. The molecule has 1 spiro atoms. The minimum atomic E-state index is -2.89. The van der Waals surface area contributed by atoms with Gasteiger partial charge in [-0.1, -0.05) is 37.4 Å². The Morgan fingerprint density at radius 2 is 2.00 bits per heavy atom. The highest BCUT2D eigenvalue weighted by atomic mass is 35.5. The van der Waals surface area contributed by atoms with E-state index in [0.29, 0.717) is 38.0 Å². The molecule has 7 nitrogen and oxygen atoms in total. The molecule has 1 amide bonds. The minimum absolute atomic E-state index is 0.113. The summed E-state index contributed by atoms with van der Waals surface area (Å²) in [4.78, 5) is 16.0. The van der Waals surface area contributed by atoms with Crippen LogP contribution in [0, 0.1) is 11.8 Å². The molecule has 240 valence electrons. The third-order valence-electron chi connectivity index (χ3n) is 10.9. The summed E-state index contributed by atoms with van der Waals surface area (Å²) in [6.45, 7) is 4.30. The fourth-order valence-corrected chi connectivity index (χ4v) is 10.3. The van der Waals surface area contributed by atoms with Crippen LogP contribution in [0.1, 0.15) is 86.2 Å². The topological polar surface area (TPSA) is 88.1 Å². The van der Waals surface area contributed by atoms with Crippen LogP contribution in [-0.4, -0.2) is 65.4 Å². The number of carbonyl (C=O) groups excluding carboxylic acids is 1. The smallest absolute Gasteiger partial charge is 0.262 e. The number of nitrogens with one attached hydrogen (secondary N) is 1. The van der Waals surface area contributed by atoms with Crippen molar-refractivity contribution in [2.24, 2.45) is 11.8 Å². The predicted octanol–water partition coefficient (Wildman–Crippen LogP) is 5.93. The number of rotatable bonds is 3. The lowest BCUT2D eigenvalue weighted by Gasteiger charge is -2.50. The quantitative estimate of drug-likeness (QED) is 0.404. The first-order valence-electron chi connectivity index (χ1n) is 16.3. The van der Waals surface area contributed by atoms with Gasteiger partial charge in [-0.3, -0.25) is 9.52 Å². The third-order valence-corrected chi connectivity index (χ3v) is 13.3. The lowest BCUT2D eigenvalue weighted by atomic mass is 9.63. The minimum Gasteiger partial charge on any atom is -0.490 e. The Hall–Kier alpha value is -2.26. The molecule has 4 aliphatic rings. The van der Waals surface area contributed by atoms with Crippen molar-refractivity contribution in [3.63, 3.8) is 0 Å². The number of benzene rings is 2. The van der Waals surface area contributed by atoms with Gasteiger partial charge in [0, 0.05) is 41.5 Å². The number of ether oxygens (including phenoxy) is 2. The number of anilines is 1. The van der Waals surface area contributed by atoms with Crippen molar-refractivity contribution in [3.05, 3.63) is 58.1 Å². The van der Waals surface area contributed by atoms with Crippen molar-refractivity contribution in [1.29, 1.82) is 0 Å². The zero-order valence-corrected chi connectivity index (χ0v) is 27.7. The van der Waals surface area contributed by atoms with Gasteiger partial charge >= 0.3 is 0 Å². The number of nitrogens with zero attached hydrogens (tertiary/aromatic N) is 1. The SMILES string of the molecule is C=S1(=O)NC(=O)c2ccc3c(c2)N(C[C@@H]2CC[C@H]2[C@](O)(COC)CCCC[C@H]1CC)C[C@@]1(CCCc2cc(Cl)ccc21)CO3. The molecule has 2 aliphatic carbocycles. The molecule has 1 saturated carbocycles. The maximum atomic E-state index is 13.8. The van der Waals surface area contributed by atoms with E-state index in [0.717, 1.165) is 74.5 Å². The number of hydrogen-bond acceptors (Lipinski definition) is 6. The number of methoxy groups -OCH3 is 1. The van der Waals surface area contributed by atoms with Gasteiger partial charge < -0.3 is 19.5 Å². The molecule has 2 bridgehead atoms. The maximum Gasteiger partial charge on any atom is 0.262 e. The molecule has 2 aromatic rings. The first-order chi connectivity index (χ1) is 21.1. The van der Waals surface area contributed by atoms with Gasteiger partial charge in [-0.25, -0.2) is 4.21 Å². The first-order valence-corrected chi connectivity index (χ1v) is 18.4. The summed E-state index contributed by atoms with van der Waals surface area (Å²) in [7, 11) is -1.22. The van der Waals surface area contributed by atoms with Crippen LogP contribution in [0.2, 0.25) is 5.02 Å². The molecule has 44 heavy (non-hydrogen) atoms. The molecule has 9 heteroatoms. The molecule has 2 N–H and O–H groups in total. The van der Waals surface area contributed by atoms with Crippen LogP contribution in [0.15, 0.2) is 36.4 Å². The van der Waals surface area contributed by atoms with Gasteiger partial charge in [-0.05, 0) is 111 Å². The van der Waals surface area contributed by atoms with Crippen LogP contribution in [0.4, 0.5) is 5.69 Å². The summed E-state index contributed by atoms with van der Waals surface area (Å²) in [6.07, 6.45) is 8.58. The van der Waals surface area contributed by atoms with Gasteiger partial charge in [0.05, 0.1) is 34.2 Å². The summed E-state index contributed by atoms with van der Waals surface area (Å²) >= 11 is 6.43. The van der Waals surface area contributed by atoms with Crippen LogP contribution in [0.25, 0.3) is 0 Å². The summed E-state index contributed by atoms with van der Waals surface area (Å²) in [5.41, 5.74) is 2.72. The van der Waals surface area contributed by atoms with E-state index in [1.807, 2.05) is 25.1 Å². The highest BCUT2D eigenvalue weighted by Crippen LogP contribution is 2.49. The highest BCUT2D eigenvalue weighted by Gasteiger charge is 2.48. The van der Waals surface area contributed by atoms with Gasteiger partial charge in [0.1, 0.15) is 5.75 Å². The molecule has 0 saturated heterocycles. The molecule has 6 rings (SSSR count). The molecular weight excluding hydrogens is 596 g/mol. The molecule has 2 aliphatic heterocycles. The van der Waals surface area contributed by atoms with E-state index >= 15 is 0 Å². The van der Waals surface area contributed by atoms with Gasteiger partial charge in [0.15, 0.2) is 0 Å². The zero-order chi connectivity index (χ0) is 31.1. The standard InChI is InChI=1S/C35H47ClN2O5S/c1-4-28-9-5-6-17-35(40,23-42-2)30-13-10-26(30)20-38-21-34(16-7-8-24-18-27(36)12-14-29(24)34)22-43-32-15-11-25(19-31(32)38)33(39)37-44(28,3)41/h11-12,14-15,18-19,26,28,30,40H,3-10,13,16-17,20-23H2,1-2H3,(H,37,39,41)/t26-,28+,30+,34-,35+,44?/m0/s1. The molecule has 0 radical (unpaired) electrons. The van der Waals surface area contributed by atoms with E-state index in [1.54, 1.807) is 13.2 Å². The van der Waals surface area contributed by atoms with Crippen molar-refractivity contribution < 1.29 is 23.6 Å². The molecule has 1 fully saturated rings. The number of aliphatic hydroxyl groups is 1. The van der Waals surface area contributed by atoms with Crippen LogP contribution in [0.5, 0.6) is 5.75 Å². The Labute approximate surface area is 267 Å². The zero-order valence-electron chi connectivity index (χ0n) is 26.1. The summed E-state index contributed by atoms with van der Waals surface area (Å²) in [5.74, 6) is 4.77. The Morgan fingerprint density at radius 1 is 1.16 bits per heavy atom. The normalized spacial score (nSPS) is 34.1. The molecule has 2 aromatic carbocycles. The lowest BCUT2D eigenvalue weighted by molar-refractivity contribution is -0.125. The second kappa shape index (κ2) is 12.5. The number of aryl methyl sites for hydroxylation is 1. The Bertz CT molecular complexity index is 1500. The molecule has 1 unspecified atom stereocenters. The fourth-order valence-electron chi connectivity index (χ4n) is 8.41. The Kier molecular flexibility index (Phi) is 9.01. The second-order valence-electron chi connectivity index (χ2n) is 13.7. The van der Waals surface area contributed by atoms with E-state index < -0.39 is 15.3 Å². The molecular formula is C35H47ClN2O5S. The summed E-state index contributed by atoms with van der Waals surface area (Å²) in [5, 5.41) is 12.6. The first kappa shape index (κ1) is 31.7. The number of hydrogen-bond donors (Lipinski definition) is 2. The van der Waals surface area contributed by atoms with Gasteiger partial charge in [0.25, 0.3) is 5.91 Å². The monoisotopic (exact) mass is 642 g/mol. The summed E-state index contributed by atoms with van der Waals surface area (Å²) in [6, 6.07) is 11.8. The number of fused-ring (bicyclic) bond motifs is 4. The number of halogens is 1. The van der Waals surface area contributed by atoms with E-state index in [-0.39, 0.29) is 28.4 Å². The van der Waals surface area contributed by atoms with E-state index in [9.17, 15) is 14.1 Å². The largest absolute Gasteiger partial charge is 0.490 e. The van der Waals surface area contributed by atoms with Gasteiger partial charge in [0.2, 0.25) is 0 Å². The summed E-state index contributed by atoms with van der Waals surface area (Å²) < 4.78 is 28.8. The third kappa shape index (κ3) is 6.00. The van der Waals surface area contributed by atoms with E-state index in [2.05, 4.69) is 27.6 Å². The van der Waals surface area contributed by atoms with Gasteiger partial charge in [-0.15, -0.1) is 0 Å². The predicted molar refractivity (Wildman–Crippen MR) is 179 cm³/mol. The molecule has 6 atom stereocenters. The highest BCUT2D eigenvalue weighted by molar-refractivity contribution is 7.99. The van der Waals surface area contributed by atoms with E-state index in [1.165, 1.54) is 11.1 Å². The average molecular weight is 643 g/mol. The molecule has 2 heterocycles. The lowest BCUT2D eigenvalue weighted by Crippen LogP contribution is -2.54. The number of amides is 1. The second-order valence-corrected chi connectivity index (χ2v) is 16.5. The van der Waals surface area contributed by atoms with Crippen molar-refractivity contribution in [2.75, 3.05) is 38.3 Å². The van der Waals surface area contributed by atoms with Gasteiger partial charge in [-0.2, -0.15) is 0 Å². The van der Waals surface area contributed by atoms with Crippen LogP contribution in [-0.2, 0) is 26.3 Å². The fraction of sp³-hybridized carbons (Fsp3) is 0.600. The van der Waals surface area contributed by atoms with Crippen LogP contribution in [0.3, 0.4) is 0 Å². The van der Waals surface area contributed by atoms with Crippen LogP contribution < -0.4 is 14.4 Å². The van der Waals surface area contributed by atoms with Crippen molar-refractivity contribution in [3.8, 4) is 5.75 Å². The Morgan fingerprint density at radius 3 is 2.75 bits per heavy atom. The Balaban J connectivity index is 1.43. The van der Waals surface area contributed by atoms with E-state index in [4.69, 9.17) is 21.1 Å².